The predicted octanol–water partition coefficient (Wildman–Crippen LogP) is 6.03. The number of benzene rings is 2. The van der Waals surface area contributed by atoms with Crippen LogP contribution >= 0.6 is 11.6 Å². The molecule has 0 bridgehead atoms. The zero-order chi connectivity index (χ0) is 21.5. The Hall–Kier alpha value is -2.47. The standard InChI is InChI=1S/C24H24ClF2N3O/c25-16-8-6-15(7-9-16)23-29-20-12-18(26)19(27)13-21(20)30(23)22(14-4-2-1-3-5-14)24(31)28-17-10-11-17/h6-9,12-14,17,22H,1-5,10-11H2,(H,28,31)/t22-/m0/s1. The number of carbonyl (C=O) groups excluding carboxylic acids is 1. The van der Waals surface area contributed by atoms with E-state index < -0.39 is 17.7 Å². The van der Waals surface area contributed by atoms with E-state index in [2.05, 4.69) is 10.3 Å². The molecule has 0 radical (unpaired) electrons. The lowest BCUT2D eigenvalue weighted by Crippen LogP contribution is -2.39. The minimum atomic E-state index is -0.948. The van der Waals surface area contributed by atoms with Crippen molar-refractivity contribution in [1.29, 1.82) is 0 Å². The predicted molar refractivity (Wildman–Crippen MR) is 117 cm³/mol. The van der Waals surface area contributed by atoms with E-state index in [9.17, 15) is 13.6 Å². The molecule has 31 heavy (non-hydrogen) atoms. The molecular weight excluding hydrogens is 420 g/mol. The molecule has 7 heteroatoms. The molecule has 1 heterocycles. The number of imidazole rings is 1. The van der Waals surface area contributed by atoms with Gasteiger partial charge in [0.1, 0.15) is 11.9 Å². The molecular formula is C24H24ClF2N3O. The van der Waals surface area contributed by atoms with E-state index in [0.29, 0.717) is 21.9 Å². The Balaban J connectivity index is 1.71. The Morgan fingerprint density at radius 1 is 1.03 bits per heavy atom. The molecule has 1 aromatic heterocycles. The number of nitrogens with one attached hydrogen (secondary N) is 1. The topological polar surface area (TPSA) is 46.9 Å². The van der Waals surface area contributed by atoms with Crippen LogP contribution in [-0.2, 0) is 4.79 Å². The summed E-state index contributed by atoms with van der Waals surface area (Å²) in [5.41, 5.74) is 1.52. The van der Waals surface area contributed by atoms with E-state index in [4.69, 9.17) is 11.6 Å². The molecule has 0 aliphatic heterocycles. The van der Waals surface area contributed by atoms with Crippen LogP contribution in [0.15, 0.2) is 36.4 Å². The van der Waals surface area contributed by atoms with Gasteiger partial charge in [0.25, 0.3) is 0 Å². The minimum Gasteiger partial charge on any atom is -0.352 e. The van der Waals surface area contributed by atoms with Gasteiger partial charge in [0, 0.05) is 28.8 Å². The molecule has 2 saturated carbocycles. The Morgan fingerprint density at radius 2 is 1.71 bits per heavy atom. The van der Waals surface area contributed by atoms with Crippen molar-refractivity contribution in [1.82, 2.24) is 14.9 Å². The van der Waals surface area contributed by atoms with Crippen LogP contribution in [0.5, 0.6) is 0 Å². The van der Waals surface area contributed by atoms with E-state index in [-0.39, 0.29) is 17.9 Å². The molecule has 162 valence electrons. The molecule has 1 atom stereocenters. The maximum Gasteiger partial charge on any atom is 0.243 e. The van der Waals surface area contributed by atoms with Gasteiger partial charge in [0.05, 0.1) is 11.0 Å². The number of hydrogen-bond donors (Lipinski definition) is 1. The number of halogens is 3. The van der Waals surface area contributed by atoms with Gasteiger partial charge in [-0.3, -0.25) is 4.79 Å². The van der Waals surface area contributed by atoms with E-state index in [0.717, 1.165) is 62.6 Å². The lowest BCUT2D eigenvalue weighted by Gasteiger charge is -2.32. The molecule has 3 aromatic rings. The van der Waals surface area contributed by atoms with Crippen LogP contribution in [0.4, 0.5) is 8.78 Å². The van der Waals surface area contributed by atoms with Crippen LogP contribution in [0.1, 0.15) is 51.0 Å². The monoisotopic (exact) mass is 443 g/mol. The van der Waals surface area contributed by atoms with Crippen molar-refractivity contribution < 1.29 is 13.6 Å². The van der Waals surface area contributed by atoms with Gasteiger partial charge < -0.3 is 9.88 Å². The summed E-state index contributed by atoms with van der Waals surface area (Å²) in [6.45, 7) is 0. The van der Waals surface area contributed by atoms with Crippen molar-refractivity contribution in [3.8, 4) is 11.4 Å². The van der Waals surface area contributed by atoms with Gasteiger partial charge in [-0.25, -0.2) is 13.8 Å². The highest BCUT2D eigenvalue weighted by atomic mass is 35.5. The first-order valence-corrected chi connectivity index (χ1v) is 11.3. The summed E-state index contributed by atoms with van der Waals surface area (Å²) in [6.07, 6.45) is 7.09. The normalized spacial score (nSPS) is 18.3. The highest BCUT2D eigenvalue weighted by Crippen LogP contribution is 2.39. The van der Waals surface area contributed by atoms with Gasteiger partial charge in [-0.05, 0) is 55.9 Å². The second kappa shape index (κ2) is 8.23. The zero-order valence-electron chi connectivity index (χ0n) is 17.1. The summed E-state index contributed by atoms with van der Waals surface area (Å²) < 4.78 is 30.1. The number of nitrogens with zero attached hydrogens (tertiary/aromatic N) is 2. The van der Waals surface area contributed by atoms with Crippen LogP contribution in [-0.4, -0.2) is 21.5 Å². The molecule has 1 amide bonds. The first-order valence-electron chi connectivity index (χ1n) is 10.9. The van der Waals surface area contributed by atoms with E-state index in [1.54, 1.807) is 12.1 Å². The maximum absolute atomic E-state index is 14.3. The van der Waals surface area contributed by atoms with E-state index >= 15 is 0 Å². The first kappa shape index (κ1) is 20.4. The number of fused-ring (bicyclic) bond motifs is 1. The summed E-state index contributed by atoms with van der Waals surface area (Å²) >= 11 is 6.07. The molecule has 0 saturated heterocycles. The lowest BCUT2D eigenvalue weighted by molar-refractivity contribution is -0.126. The third kappa shape index (κ3) is 4.05. The van der Waals surface area contributed by atoms with Crippen LogP contribution < -0.4 is 5.32 Å². The lowest BCUT2D eigenvalue weighted by atomic mass is 9.83. The number of aromatic nitrogens is 2. The summed E-state index contributed by atoms with van der Waals surface area (Å²) in [6, 6.07) is 9.10. The fourth-order valence-electron chi connectivity index (χ4n) is 4.68. The summed E-state index contributed by atoms with van der Waals surface area (Å²) in [5.74, 6) is -1.31. The molecule has 2 aliphatic carbocycles. The molecule has 2 aliphatic rings. The third-order valence-electron chi connectivity index (χ3n) is 6.40. The fraction of sp³-hybridized carbons (Fsp3) is 0.417. The van der Waals surface area contributed by atoms with Crippen molar-refractivity contribution >= 4 is 28.5 Å². The first-order chi connectivity index (χ1) is 15.0. The molecule has 5 rings (SSSR count). The highest BCUT2D eigenvalue weighted by Gasteiger charge is 2.37. The summed E-state index contributed by atoms with van der Waals surface area (Å²) in [4.78, 5) is 18.1. The molecule has 2 aromatic carbocycles. The van der Waals surface area contributed by atoms with Gasteiger partial charge in [0.15, 0.2) is 11.6 Å². The average Bonchev–Trinajstić information content (AvgIpc) is 3.51. The van der Waals surface area contributed by atoms with Crippen molar-refractivity contribution in [2.45, 2.75) is 57.0 Å². The molecule has 2 fully saturated rings. The third-order valence-corrected chi connectivity index (χ3v) is 6.65. The van der Waals surface area contributed by atoms with Gasteiger partial charge in [-0.15, -0.1) is 0 Å². The Kier molecular flexibility index (Phi) is 5.42. The molecule has 4 nitrogen and oxygen atoms in total. The van der Waals surface area contributed by atoms with E-state index in [1.165, 1.54) is 0 Å². The number of amides is 1. The molecule has 0 spiro atoms. The van der Waals surface area contributed by atoms with Crippen LogP contribution in [0.3, 0.4) is 0 Å². The smallest absolute Gasteiger partial charge is 0.243 e. The van der Waals surface area contributed by atoms with Crippen LogP contribution in [0.25, 0.3) is 22.4 Å². The van der Waals surface area contributed by atoms with Crippen molar-refractivity contribution in [2.75, 3.05) is 0 Å². The van der Waals surface area contributed by atoms with Crippen molar-refractivity contribution in [3.63, 3.8) is 0 Å². The van der Waals surface area contributed by atoms with Crippen molar-refractivity contribution in [2.24, 2.45) is 5.92 Å². The Bertz CT molecular complexity index is 1120. The number of carbonyl (C=O) groups is 1. The van der Waals surface area contributed by atoms with Crippen molar-refractivity contribution in [3.05, 3.63) is 53.1 Å². The van der Waals surface area contributed by atoms with Crippen LogP contribution in [0, 0.1) is 17.6 Å². The highest BCUT2D eigenvalue weighted by molar-refractivity contribution is 6.30. The van der Waals surface area contributed by atoms with Gasteiger partial charge >= 0.3 is 0 Å². The Labute approximate surface area is 184 Å². The average molecular weight is 444 g/mol. The fourth-order valence-corrected chi connectivity index (χ4v) is 4.81. The summed E-state index contributed by atoms with van der Waals surface area (Å²) in [7, 11) is 0. The minimum absolute atomic E-state index is 0.0614. The largest absolute Gasteiger partial charge is 0.352 e. The van der Waals surface area contributed by atoms with Gasteiger partial charge in [-0.1, -0.05) is 30.9 Å². The summed E-state index contributed by atoms with van der Waals surface area (Å²) in [5, 5.41) is 3.72. The Morgan fingerprint density at radius 3 is 2.39 bits per heavy atom. The number of hydrogen-bond acceptors (Lipinski definition) is 2. The second-order valence-electron chi connectivity index (χ2n) is 8.69. The number of rotatable bonds is 5. The van der Waals surface area contributed by atoms with Gasteiger partial charge in [0.2, 0.25) is 5.91 Å². The van der Waals surface area contributed by atoms with Crippen LogP contribution in [0.2, 0.25) is 5.02 Å². The molecule has 0 unspecified atom stereocenters. The SMILES string of the molecule is O=C(NC1CC1)[C@H](C1CCCCC1)n1c(-c2ccc(Cl)cc2)nc2cc(F)c(F)cc21. The maximum atomic E-state index is 14.3. The van der Waals surface area contributed by atoms with Gasteiger partial charge in [-0.2, -0.15) is 0 Å². The zero-order valence-corrected chi connectivity index (χ0v) is 17.8. The molecule has 1 N–H and O–H groups in total. The second-order valence-corrected chi connectivity index (χ2v) is 9.13. The quantitative estimate of drug-likeness (QED) is 0.523. The van der Waals surface area contributed by atoms with E-state index in [1.807, 2.05) is 16.7 Å².